The fraction of sp³-hybridized carbons (Fsp3) is 0.692. The molecule has 0 saturated carbocycles. The van der Waals surface area contributed by atoms with Gasteiger partial charge < -0.3 is 14.7 Å². The molecule has 0 bridgehead atoms. The van der Waals surface area contributed by atoms with Crippen LogP contribution in [0.5, 0.6) is 0 Å². The summed E-state index contributed by atoms with van der Waals surface area (Å²) >= 11 is 0. The lowest BCUT2D eigenvalue weighted by molar-refractivity contribution is -0.130. The Morgan fingerprint density at radius 2 is 2.11 bits per heavy atom. The van der Waals surface area contributed by atoms with E-state index in [9.17, 15) is 4.79 Å². The third-order valence-electron chi connectivity index (χ3n) is 3.22. The number of aryl methyl sites for hydroxylation is 1. The Balaban J connectivity index is 1.70. The first-order valence-electron chi connectivity index (χ1n) is 6.66. The molecule has 5 heteroatoms. The zero-order valence-corrected chi connectivity index (χ0v) is 10.9. The van der Waals surface area contributed by atoms with Crippen molar-refractivity contribution in [3.05, 3.63) is 17.5 Å². The number of carbonyl (C=O) groups excluding carboxylic acids is 1. The van der Waals surface area contributed by atoms with Crippen LogP contribution in [0.4, 0.5) is 0 Å². The first-order valence-corrected chi connectivity index (χ1v) is 6.66. The number of nitrogens with one attached hydrogen (secondary N) is 1. The van der Waals surface area contributed by atoms with E-state index in [-0.39, 0.29) is 5.91 Å². The van der Waals surface area contributed by atoms with Crippen LogP contribution >= 0.6 is 0 Å². The van der Waals surface area contributed by atoms with Crippen molar-refractivity contribution >= 4 is 5.91 Å². The molecule has 0 unspecified atom stereocenters. The molecule has 0 aliphatic carbocycles. The van der Waals surface area contributed by atoms with Gasteiger partial charge in [0.05, 0.1) is 12.2 Å². The van der Waals surface area contributed by atoms with Gasteiger partial charge in [-0.05, 0) is 19.8 Å². The van der Waals surface area contributed by atoms with Crippen LogP contribution < -0.4 is 5.32 Å². The normalized spacial score (nSPS) is 16.6. The number of amides is 1. The van der Waals surface area contributed by atoms with Crippen molar-refractivity contribution in [2.45, 2.75) is 39.2 Å². The Bertz CT molecular complexity index is 381. The molecule has 2 rings (SSSR count). The predicted molar refractivity (Wildman–Crippen MR) is 68.0 cm³/mol. The molecule has 0 atom stereocenters. The van der Waals surface area contributed by atoms with Gasteiger partial charge in [-0.3, -0.25) is 4.79 Å². The van der Waals surface area contributed by atoms with E-state index in [4.69, 9.17) is 4.52 Å². The van der Waals surface area contributed by atoms with Crippen LogP contribution in [0.1, 0.15) is 37.1 Å². The van der Waals surface area contributed by atoms with Gasteiger partial charge in [0.15, 0.2) is 0 Å². The zero-order chi connectivity index (χ0) is 12.8. The molecule has 1 aromatic rings. The summed E-state index contributed by atoms with van der Waals surface area (Å²) in [5.41, 5.74) is 0.844. The SMILES string of the molecule is Cc1cc(CNCC(=O)N2CCCCCC2)no1. The van der Waals surface area contributed by atoms with Gasteiger partial charge in [0, 0.05) is 25.7 Å². The Morgan fingerprint density at radius 1 is 1.39 bits per heavy atom. The molecule has 5 nitrogen and oxygen atoms in total. The van der Waals surface area contributed by atoms with Gasteiger partial charge in [-0.25, -0.2) is 0 Å². The van der Waals surface area contributed by atoms with Gasteiger partial charge in [-0.1, -0.05) is 18.0 Å². The third kappa shape index (κ3) is 3.84. The molecule has 100 valence electrons. The van der Waals surface area contributed by atoms with E-state index in [0.717, 1.165) is 37.4 Å². The first-order chi connectivity index (χ1) is 8.75. The van der Waals surface area contributed by atoms with Gasteiger partial charge in [-0.15, -0.1) is 0 Å². The smallest absolute Gasteiger partial charge is 0.236 e. The van der Waals surface area contributed by atoms with Crippen molar-refractivity contribution in [2.24, 2.45) is 0 Å². The Labute approximate surface area is 108 Å². The van der Waals surface area contributed by atoms with Crippen LogP contribution in [0.15, 0.2) is 10.6 Å². The Kier molecular flexibility index (Phi) is 4.75. The summed E-state index contributed by atoms with van der Waals surface area (Å²) in [6.45, 7) is 4.63. The van der Waals surface area contributed by atoms with E-state index < -0.39 is 0 Å². The Morgan fingerprint density at radius 3 is 2.72 bits per heavy atom. The topological polar surface area (TPSA) is 58.4 Å². The van der Waals surface area contributed by atoms with Crippen LogP contribution in [0.25, 0.3) is 0 Å². The monoisotopic (exact) mass is 251 g/mol. The minimum Gasteiger partial charge on any atom is -0.361 e. The molecule has 1 amide bonds. The van der Waals surface area contributed by atoms with E-state index in [1.165, 1.54) is 12.8 Å². The average molecular weight is 251 g/mol. The van der Waals surface area contributed by atoms with Crippen molar-refractivity contribution in [3.63, 3.8) is 0 Å². The summed E-state index contributed by atoms with van der Waals surface area (Å²) in [5.74, 6) is 0.989. The maximum Gasteiger partial charge on any atom is 0.236 e. The lowest BCUT2D eigenvalue weighted by Crippen LogP contribution is -2.38. The van der Waals surface area contributed by atoms with Gasteiger partial charge in [-0.2, -0.15) is 0 Å². The van der Waals surface area contributed by atoms with Crippen molar-refractivity contribution in [2.75, 3.05) is 19.6 Å². The van der Waals surface area contributed by atoms with E-state index in [1.54, 1.807) is 0 Å². The molecule has 0 aromatic carbocycles. The van der Waals surface area contributed by atoms with Crippen molar-refractivity contribution in [1.29, 1.82) is 0 Å². The number of nitrogens with zero attached hydrogens (tertiary/aromatic N) is 2. The van der Waals surface area contributed by atoms with Crippen LogP contribution in [-0.4, -0.2) is 35.6 Å². The highest BCUT2D eigenvalue weighted by Gasteiger charge is 2.14. The summed E-state index contributed by atoms with van der Waals surface area (Å²) in [6.07, 6.45) is 4.76. The van der Waals surface area contributed by atoms with Gasteiger partial charge in [0.2, 0.25) is 5.91 Å². The summed E-state index contributed by atoms with van der Waals surface area (Å²) in [7, 11) is 0. The van der Waals surface area contributed by atoms with Gasteiger partial charge >= 0.3 is 0 Å². The summed E-state index contributed by atoms with van der Waals surface area (Å²) in [6, 6.07) is 1.88. The molecule has 0 radical (unpaired) electrons. The molecule has 2 heterocycles. The van der Waals surface area contributed by atoms with Crippen molar-refractivity contribution in [3.8, 4) is 0 Å². The van der Waals surface area contributed by atoms with Crippen LogP contribution in [0, 0.1) is 6.92 Å². The Hall–Kier alpha value is -1.36. The summed E-state index contributed by atoms with van der Waals surface area (Å²) < 4.78 is 4.97. The van der Waals surface area contributed by atoms with Crippen LogP contribution in [0.2, 0.25) is 0 Å². The second-order valence-electron chi connectivity index (χ2n) is 4.83. The largest absolute Gasteiger partial charge is 0.361 e. The van der Waals surface area contributed by atoms with E-state index in [0.29, 0.717) is 13.1 Å². The van der Waals surface area contributed by atoms with E-state index in [1.807, 2.05) is 17.9 Å². The van der Waals surface area contributed by atoms with Crippen molar-refractivity contribution in [1.82, 2.24) is 15.4 Å². The molecule has 1 saturated heterocycles. The number of carbonyl (C=O) groups is 1. The van der Waals surface area contributed by atoms with Crippen molar-refractivity contribution < 1.29 is 9.32 Å². The summed E-state index contributed by atoms with van der Waals surface area (Å²) in [4.78, 5) is 13.9. The highest BCUT2D eigenvalue weighted by Crippen LogP contribution is 2.09. The molecule has 0 spiro atoms. The number of rotatable bonds is 4. The zero-order valence-electron chi connectivity index (χ0n) is 10.9. The van der Waals surface area contributed by atoms with Gasteiger partial charge in [0.1, 0.15) is 5.76 Å². The van der Waals surface area contributed by atoms with E-state index in [2.05, 4.69) is 10.5 Å². The lowest BCUT2D eigenvalue weighted by Gasteiger charge is -2.20. The maximum atomic E-state index is 12.0. The molecule has 1 N–H and O–H groups in total. The van der Waals surface area contributed by atoms with Gasteiger partial charge in [0.25, 0.3) is 0 Å². The number of hydrogen-bond donors (Lipinski definition) is 1. The highest BCUT2D eigenvalue weighted by atomic mass is 16.5. The fourth-order valence-electron chi connectivity index (χ4n) is 2.23. The lowest BCUT2D eigenvalue weighted by atomic mass is 10.2. The molecular weight excluding hydrogens is 230 g/mol. The number of hydrogen-bond acceptors (Lipinski definition) is 4. The van der Waals surface area contributed by atoms with E-state index >= 15 is 0 Å². The molecular formula is C13H21N3O2. The molecule has 1 fully saturated rings. The standard InChI is InChI=1S/C13H21N3O2/c1-11-8-12(15-18-11)9-14-10-13(17)16-6-4-2-3-5-7-16/h8,14H,2-7,9-10H2,1H3. The molecule has 1 aliphatic rings. The minimum absolute atomic E-state index is 0.192. The minimum atomic E-state index is 0.192. The average Bonchev–Trinajstić information content (AvgIpc) is 2.63. The fourth-order valence-corrected chi connectivity index (χ4v) is 2.23. The molecule has 1 aromatic heterocycles. The highest BCUT2D eigenvalue weighted by molar-refractivity contribution is 5.78. The molecule has 18 heavy (non-hydrogen) atoms. The predicted octanol–water partition coefficient (Wildman–Crippen LogP) is 1.48. The second kappa shape index (κ2) is 6.54. The quantitative estimate of drug-likeness (QED) is 0.880. The first kappa shape index (κ1) is 13.1. The van der Waals surface area contributed by atoms with Crippen LogP contribution in [0.3, 0.4) is 0 Å². The molecule has 1 aliphatic heterocycles. The third-order valence-corrected chi connectivity index (χ3v) is 3.22. The summed E-state index contributed by atoms with van der Waals surface area (Å²) in [5, 5.41) is 7.00. The van der Waals surface area contributed by atoms with Crippen LogP contribution in [-0.2, 0) is 11.3 Å². The second-order valence-corrected chi connectivity index (χ2v) is 4.83. The number of aromatic nitrogens is 1. The number of likely N-dealkylation sites (tertiary alicyclic amines) is 1. The maximum absolute atomic E-state index is 12.0.